The Morgan fingerprint density at radius 3 is 2.73 bits per heavy atom. The van der Waals surface area contributed by atoms with Gasteiger partial charge in [-0.3, -0.25) is 4.90 Å². The minimum Gasteiger partial charge on any atom is -0.450 e. The summed E-state index contributed by atoms with van der Waals surface area (Å²) in [5.74, 6) is 0. The molecule has 0 aromatic rings. The van der Waals surface area contributed by atoms with Crippen molar-refractivity contribution in [3.05, 3.63) is 0 Å². The van der Waals surface area contributed by atoms with Crippen LogP contribution in [0.5, 0.6) is 0 Å². The van der Waals surface area contributed by atoms with Gasteiger partial charge in [0.15, 0.2) is 6.23 Å². The summed E-state index contributed by atoms with van der Waals surface area (Å²) in [5, 5.41) is 17.3. The zero-order chi connectivity index (χ0) is 8.43. The van der Waals surface area contributed by atoms with E-state index in [2.05, 4.69) is 4.74 Å². The second-order valence-corrected chi connectivity index (χ2v) is 2.67. The lowest BCUT2D eigenvalue weighted by atomic mass is 10.3. The zero-order valence-electron chi connectivity index (χ0n) is 6.23. The fraction of sp³-hybridized carbons (Fsp3) is 0.833. The predicted molar refractivity (Wildman–Crippen MR) is 36.2 cm³/mol. The molecule has 1 aliphatic rings. The lowest BCUT2D eigenvalue weighted by Crippen LogP contribution is -2.29. The molecule has 2 atom stereocenters. The molecule has 11 heavy (non-hydrogen) atoms. The van der Waals surface area contributed by atoms with Gasteiger partial charge < -0.3 is 14.9 Å². The Morgan fingerprint density at radius 1 is 1.73 bits per heavy atom. The molecule has 1 rings (SSSR count). The Bertz CT molecular complexity index is 161. The summed E-state index contributed by atoms with van der Waals surface area (Å²) < 4.78 is 4.48. The van der Waals surface area contributed by atoms with E-state index in [-0.39, 0.29) is 0 Å². The van der Waals surface area contributed by atoms with Crippen LogP contribution in [0.3, 0.4) is 0 Å². The molecule has 0 aromatic carbocycles. The molecule has 5 nitrogen and oxygen atoms in total. The number of nitrogens with zero attached hydrogens (tertiary/aromatic N) is 1. The van der Waals surface area contributed by atoms with Gasteiger partial charge in [-0.05, 0) is 7.05 Å². The Labute approximate surface area is 64.2 Å². The number of hydrogen-bond acceptors (Lipinski definition) is 4. The van der Waals surface area contributed by atoms with Crippen molar-refractivity contribution in [2.75, 3.05) is 13.6 Å². The third kappa shape index (κ3) is 2.06. The Hall–Kier alpha value is -0.810. The van der Waals surface area contributed by atoms with Crippen molar-refractivity contribution < 1.29 is 19.7 Å². The van der Waals surface area contributed by atoms with Crippen LogP contribution in [0.25, 0.3) is 0 Å². The van der Waals surface area contributed by atoms with Crippen molar-refractivity contribution in [1.82, 2.24) is 4.90 Å². The van der Waals surface area contributed by atoms with Crippen LogP contribution in [-0.4, -0.2) is 47.2 Å². The molecular weight excluding hydrogens is 150 g/mol. The van der Waals surface area contributed by atoms with Gasteiger partial charge in [-0.15, -0.1) is 0 Å². The molecule has 1 saturated heterocycles. The van der Waals surface area contributed by atoms with Crippen LogP contribution in [-0.2, 0) is 4.74 Å². The van der Waals surface area contributed by atoms with Gasteiger partial charge in [-0.25, -0.2) is 4.79 Å². The summed E-state index contributed by atoms with van der Waals surface area (Å²) >= 11 is 0. The van der Waals surface area contributed by atoms with E-state index in [1.807, 2.05) is 0 Å². The fourth-order valence-electron chi connectivity index (χ4n) is 1.19. The highest BCUT2D eigenvalue weighted by molar-refractivity contribution is 5.57. The molecule has 1 aliphatic heterocycles. The van der Waals surface area contributed by atoms with Gasteiger partial charge in [0.25, 0.3) is 0 Å². The molecule has 0 saturated carbocycles. The molecule has 0 spiro atoms. The molecule has 0 aliphatic carbocycles. The highest BCUT2D eigenvalue weighted by atomic mass is 16.7. The third-order valence-electron chi connectivity index (χ3n) is 1.70. The summed E-state index contributed by atoms with van der Waals surface area (Å²) in [6.07, 6.45) is -1.88. The number of aliphatic hydroxyl groups excluding tert-OH is 1. The van der Waals surface area contributed by atoms with Crippen LogP contribution >= 0.6 is 0 Å². The molecule has 0 aromatic heterocycles. The van der Waals surface area contributed by atoms with Gasteiger partial charge >= 0.3 is 6.16 Å². The summed E-state index contributed by atoms with van der Waals surface area (Å²) in [6, 6.07) is 0. The molecule has 0 bridgehead atoms. The first-order chi connectivity index (χ1) is 5.09. The van der Waals surface area contributed by atoms with Gasteiger partial charge in [0.1, 0.15) is 0 Å². The van der Waals surface area contributed by atoms with Crippen LogP contribution in [0.1, 0.15) is 6.42 Å². The minimum absolute atomic E-state index is 0.364. The zero-order valence-corrected chi connectivity index (χ0v) is 6.23. The maximum absolute atomic E-state index is 10.1. The molecule has 0 amide bonds. The number of carbonyl (C=O) groups is 1. The van der Waals surface area contributed by atoms with E-state index in [1.54, 1.807) is 11.9 Å². The van der Waals surface area contributed by atoms with Gasteiger partial charge in [0.2, 0.25) is 0 Å². The molecule has 5 heteroatoms. The number of carboxylic acid groups (broad SMARTS) is 1. The van der Waals surface area contributed by atoms with E-state index in [4.69, 9.17) is 10.2 Å². The average Bonchev–Trinajstić information content (AvgIpc) is 2.09. The van der Waals surface area contributed by atoms with Crippen LogP contribution < -0.4 is 0 Å². The van der Waals surface area contributed by atoms with Crippen LogP contribution in [0, 0.1) is 0 Å². The van der Waals surface area contributed by atoms with E-state index in [0.717, 1.165) is 0 Å². The van der Waals surface area contributed by atoms with Crippen molar-refractivity contribution in [2.45, 2.75) is 18.8 Å². The highest BCUT2D eigenvalue weighted by Gasteiger charge is 2.30. The normalized spacial score (nSPS) is 32.2. The third-order valence-corrected chi connectivity index (χ3v) is 1.70. The van der Waals surface area contributed by atoms with Crippen molar-refractivity contribution in [3.63, 3.8) is 0 Å². The summed E-state index contributed by atoms with van der Waals surface area (Å²) in [4.78, 5) is 11.7. The molecule has 0 radical (unpaired) electrons. The van der Waals surface area contributed by atoms with Crippen molar-refractivity contribution in [1.29, 1.82) is 0 Å². The number of likely N-dealkylation sites (N-methyl/N-ethyl adjacent to an activating group) is 1. The minimum atomic E-state index is -1.30. The summed E-state index contributed by atoms with van der Waals surface area (Å²) in [5.41, 5.74) is 0. The quantitative estimate of drug-likeness (QED) is 0.517. The monoisotopic (exact) mass is 161 g/mol. The fourth-order valence-corrected chi connectivity index (χ4v) is 1.19. The first-order valence-corrected chi connectivity index (χ1v) is 3.37. The second kappa shape index (κ2) is 3.06. The molecule has 2 N–H and O–H groups in total. The lowest BCUT2D eigenvalue weighted by Gasteiger charge is -2.16. The SMILES string of the molecule is CN1C[C@H](O)C[C@@H]1OC(=O)O. The maximum atomic E-state index is 10.1. The number of likely N-dealkylation sites (tertiary alicyclic amines) is 1. The predicted octanol–water partition coefficient (Wildman–Crippen LogP) is -0.297. The average molecular weight is 161 g/mol. The van der Waals surface area contributed by atoms with Crippen molar-refractivity contribution in [3.8, 4) is 0 Å². The van der Waals surface area contributed by atoms with Crippen LogP contribution in [0.2, 0.25) is 0 Å². The highest BCUT2D eigenvalue weighted by Crippen LogP contribution is 2.16. The molecular formula is C6H11NO4. The standard InChI is InChI=1S/C6H11NO4/c1-7-3-4(8)2-5(7)11-6(9)10/h4-5,8H,2-3H2,1H3,(H,9,10)/t4-,5+/m1/s1. The smallest absolute Gasteiger partial charge is 0.450 e. The molecule has 64 valence electrons. The number of rotatable bonds is 1. The van der Waals surface area contributed by atoms with Crippen molar-refractivity contribution in [2.24, 2.45) is 0 Å². The summed E-state index contributed by atoms with van der Waals surface area (Å²) in [7, 11) is 1.71. The van der Waals surface area contributed by atoms with E-state index < -0.39 is 18.5 Å². The van der Waals surface area contributed by atoms with Crippen LogP contribution in [0.4, 0.5) is 4.79 Å². The largest absolute Gasteiger partial charge is 0.507 e. The second-order valence-electron chi connectivity index (χ2n) is 2.67. The Balaban J connectivity index is 2.40. The van der Waals surface area contributed by atoms with E-state index in [9.17, 15) is 4.79 Å². The molecule has 1 heterocycles. The maximum Gasteiger partial charge on any atom is 0.507 e. The molecule has 0 unspecified atom stereocenters. The van der Waals surface area contributed by atoms with E-state index in [0.29, 0.717) is 13.0 Å². The Morgan fingerprint density at radius 2 is 2.36 bits per heavy atom. The van der Waals surface area contributed by atoms with Gasteiger partial charge in [0.05, 0.1) is 6.10 Å². The van der Waals surface area contributed by atoms with Gasteiger partial charge in [-0.1, -0.05) is 0 Å². The number of β-amino-alcohol motifs (C(OH)–C–C–N with tert-alkyl or cyclic N) is 1. The first kappa shape index (κ1) is 8.29. The van der Waals surface area contributed by atoms with Crippen molar-refractivity contribution >= 4 is 6.16 Å². The lowest BCUT2D eigenvalue weighted by molar-refractivity contribution is -0.00383. The van der Waals surface area contributed by atoms with E-state index >= 15 is 0 Å². The van der Waals surface area contributed by atoms with E-state index in [1.165, 1.54) is 0 Å². The first-order valence-electron chi connectivity index (χ1n) is 3.37. The number of hydrogen-bond donors (Lipinski definition) is 2. The topological polar surface area (TPSA) is 70.0 Å². The van der Waals surface area contributed by atoms with Crippen LogP contribution in [0.15, 0.2) is 0 Å². The van der Waals surface area contributed by atoms with Gasteiger partial charge in [-0.2, -0.15) is 0 Å². The molecule has 1 fully saturated rings. The summed E-state index contributed by atoms with van der Waals surface area (Å²) in [6.45, 7) is 0.470. The van der Waals surface area contributed by atoms with Gasteiger partial charge in [0, 0.05) is 13.0 Å². The Kier molecular flexibility index (Phi) is 2.31. The number of ether oxygens (including phenoxy) is 1. The number of aliphatic hydroxyl groups is 1.